The number of fused-ring (bicyclic) bond motifs is 2. The Morgan fingerprint density at radius 3 is 1.62 bits per heavy atom. The second-order valence-corrected chi connectivity index (χ2v) is 17.8. The predicted octanol–water partition coefficient (Wildman–Crippen LogP) is 6.62. The third kappa shape index (κ3) is 11.0. The van der Waals surface area contributed by atoms with Crippen LogP contribution in [0.25, 0.3) is 31.8 Å². The van der Waals surface area contributed by atoms with E-state index >= 15 is 0 Å². The molecule has 2 fully saturated rings. The van der Waals surface area contributed by atoms with Gasteiger partial charge in [0.25, 0.3) is 0 Å². The highest BCUT2D eigenvalue weighted by atomic mass is 35.5. The molecular weight excluding hydrogens is 976 g/mol. The lowest BCUT2D eigenvalue weighted by Crippen LogP contribution is -2.41. The maximum atomic E-state index is 11.9. The molecule has 2 saturated heterocycles. The van der Waals surface area contributed by atoms with E-state index in [9.17, 15) is 9.59 Å². The van der Waals surface area contributed by atoms with Crippen LogP contribution in [0.4, 0.5) is 29.2 Å². The number of rotatable bonds is 15. The Morgan fingerprint density at radius 2 is 1.18 bits per heavy atom. The molecule has 2 aliphatic rings. The van der Waals surface area contributed by atoms with E-state index in [0.717, 1.165) is 57.6 Å². The van der Waals surface area contributed by atoms with Crippen LogP contribution < -0.4 is 60.7 Å². The van der Waals surface area contributed by atoms with E-state index in [1.54, 1.807) is 55.3 Å². The van der Waals surface area contributed by atoms with Crippen molar-refractivity contribution in [1.29, 1.82) is 0 Å². The number of benzene rings is 2. The molecule has 6 aromatic heterocycles. The topological polar surface area (TPSA) is 268 Å². The van der Waals surface area contributed by atoms with Crippen LogP contribution in [0, 0.1) is 0 Å². The number of aromatic nitrogens is 8. The first-order valence-electron chi connectivity index (χ1n) is 21.9. The van der Waals surface area contributed by atoms with Crippen LogP contribution in [0.2, 0.25) is 5.28 Å². The highest BCUT2D eigenvalue weighted by Gasteiger charge is 2.32. The van der Waals surface area contributed by atoms with Gasteiger partial charge in [-0.2, -0.15) is 9.97 Å². The van der Waals surface area contributed by atoms with E-state index in [2.05, 4.69) is 40.9 Å². The third-order valence-corrected chi connectivity index (χ3v) is 13.2. The molecule has 0 aliphatic carbocycles. The van der Waals surface area contributed by atoms with Crippen LogP contribution in [-0.4, -0.2) is 119 Å². The number of halogens is 1. The van der Waals surface area contributed by atoms with Crippen LogP contribution >= 0.6 is 34.3 Å². The van der Waals surface area contributed by atoms with Crippen LogP contribution in [0.5, 0.6) is 34.5 Å². The zero-order valence-corrected chi connectivity index (χ0v) is 41.9. The number of ether oxygens (including phenoxy) is 6. The van der Waals surface area contributed by atoms with Crippen molar-refractivity contribution < 1.29 is 38.0 Å². The van der Waals surface area contributed by atoms with E-state index in [1.807, 2.05) is 73.6 Å². The summed E-state index contributed by atoms with van der Waals surface area (Å²) in [5, 5.41) is 15.3. The van der Waals surface area contributed by atoms with Crippen molar-refractivity contribution in [3.05, 3.63) is 77.5 Å². The largest absolute Gasteiger partial charge is 0.493 e. The van der Waals surface area contributed by atoms with Gasteiger partial charge in [-0.3, -0.25) is 9.59 Å². The average molecular weight is 1030 g/mol. The fraction of sp³-hybridized carbons (Fsp3) is 0.304. The molecule has 2 amide bonds. The van der Waals surface area contributed by atoms with Crippen LogP contribution in [-0.2, 0) is 9.59 Å². The molecular formula is C46H51ClN14O8S2. The van der Waals surface area contributed by atoms with Gasteiger partial charge in [0.1, 0.15) is 51.6 Å². The lowest BCUT2D eigenvalue weighted by Gasteiger charge is -2.22. The third-order valence-electron chi connectivity index (χ3n) is 11.4. The Morgan fingerprint density at radius 1 is 0.676 bits per heavy atom. The molecule has 0 spiro atoms. The van der Waals surface area contributed by atoms with E-state index in [1.165, 1.54) is 22.7 Å². The van der Waals surface area contributed by atoms with Gasteiger partial charge in [-0.15, -0.1) is 22.7 Å². The van der Waals surface area contributed by atoms with Crippen LogP contribution in [0.1, 0.15) is 25.7 Å². The molecule has 0 bridgehead atoms. The molecule has 8 heterocycles. The summed E-state index contributed by atoms with van der Waals surface area (Å²) >= 11 is 9.03. The van der Waals surface area contributed by atoms with Crippen LogP contribution in [0.15, 0.2) is 72.2 Å². The summed E-state index contributed by atoms with van der Waals surface area (Å²) in [5.74, 6) is 5.55. The molecule has 7 N–H and O–H groups in total. The van der Waals surface area contributed by atoms with E-state index < -0.39 is 6.04 Å². The van der Waals surface area contributed by atoms with Gasteiger partial charge < -0.3 is 69.9 Å². The number of carbonyl (C=O) groups is 2. The molecule has 8 aromatic rings. The zero-order chi connectivity index (χ0) is 50.2. The summed E-state index contributed by atoms with van der Waals surface area (Å²) in [7, 11) is 9.43. The molecule has 0 radical (unpaired) electrons. The number of anilines is 5. The van der Waals surface area contributed by atoms with Gasteiger partial charge in [0.2, 0.25) is 34.5 Å². The van der Waals surface area contributed by atoms with Crippen molar-refractivity contribution in [2.45, 2.75) is 37.8 Å². The Hall–Kier alpha value is -7.67. The number of methoxy groups -OCH3 is 6. The Balaban J connectivity index is 0.000000167. The highest BCUT2D eigenvalue weighted by Crippen LogP contribution is 2.41. The van der Waals surface area contributed by atoms with E-state index in [0.29, 0.717) is 76.7 Å². The van der Waals surface area contributed by atoms with E-state index in [4.69, 9.17) is 56.5 Å². The fourth-order valence-electron chi connectivity index (χ4n) is 7.95. The smallest absolute Gasteiger partial charge is 0.240 e. The highest BCUT2D eigenvalue weighted by molar-refractivity contribution is 7.17. The monoisotopic (exact) mass is 1030 g/mol. The number of nitrogens with zero attached hydrogens (tertiary/aromatic N) is 9. The quantitative estimate of drug-likeness (QED) is 0.0675. The lowest BCUT2D eigenvalue weighted by molar-refractivity contribution is -0.120. The zero-order valence-electron chi connectivity index (χ0n) is 39.5. The maximum Gasteiger partial charge on any atom is 0.240 e. The summed E-state index contributed by atoms with van der Waals surface area (Å²) < 4.78 is 36.2. The van der Waals surface area contributed by atoms with Gasteiger partial charge in [0, 0.05) is 30.8 Å². The molecule has 2 atom stereocenters. The number of hydrogen-bond acceptors (Lipinski definition) is 20. The summed E-state index contributed by atoms with van der Waals surface area (Å²) in [4.78, 5) is 52.6. The summed E-state index contributed by atoms with van der Waals surface area (Å²) in [6.07, 6.45) is 10.6. The van der Waals surface area contributed by atoms with Crippen molar-refractivity contribution in [3.8, 4) is 45.9 Å². The number of imidazole rings is 2. The predicted molar refractivity (Wildman–Crippen MR) is 273 cm³/mol. The van der Waals surface area contributed by atoms with Gasteiger partial charge in [-0.25, -0.2) is 19.9 Å². The first kappa shape index (κ1) is 49.7. The molecule has 0 saturated carbocycles. The molecule has 10 rings (SSSR count). The van der Waals surface area contributed by atoms with Gasteiger partial charge in [-0.05, 0) is 66.7 Å². The standard InChI is InChI=1S/C23H25N7O4S.C18H16ClN5O3S.C5H10N2O/c1-32-16-9-13(10-17(33-2)19(16)34-3)29-11-18(25-12-29)26-21-14-6-8-35-22(14)28-23(27-21)30-7-4-5-15(30)20(24)31;1-25-12-6-10(7-13(26-2)15(12)27-3)24-8-14(20-9-24)21-16-11-4-5-28-17(11)23-18(19)22-16;6-5(8)4-2-1-3-7-4/h6,8-12,15H,4-5,7H2,1-3H3,(H2,24,31)(H,26,27,28);4-9H,1-3H3,(H,21,22,23);4,7H,1-3H2,(H2,6,8)/t15-;;4-/m0.0/s1. The van der Waals surface area contributed by atoms with Gasteiger partial charge in [0.05, 0.1) is 83.2 Å². The van der Waals surface area contributed by atoms with E-state index in [-0.39, 0.29) is 23.1 Å². The van der Waals surface area contributed by atoms with Crippen LogP contribution in [0.3, 0.4) is 0 Å². The number of primary amides is 2. The number of nitrogens with two attached hydrogens (primary N) is 2. The van der Waals surface area contributed by atoms with Gasteiger partial charge >= 0.3 is 0 Å². The van der Waals surface area contributed by atoms with Crippen molar-refractivity contribution in [1.82, 2.24) is 44.4 Å². The first-order valence-corrected chi connectivity index (χ1v) is 24.1. The molecule has 0 unspecified atom stereocenters. The SMILES string of the molecule is COc1cc(-n2cnc(Nc3nc(Cl)nc4sccc34)c2)cc(OC)c1OC.COc1cc(-n2cnc(Nc3nc(N4CCC[C@H]4C(N)=O)nc4sccc34)c2)cc(OC)c1OC.NC(=O)[C@@H]1CCCN1. The maximum absolute atomic E-state index is 11.9. The van der Waals surface area contributed by atoms with Gasteiger partial charge in [0.15, 0.2) is 23.0 Å². The van der Waals surface area contributed by atoms with Crippen molar-refractivity contribution in [2.75, 3.05) is 71.3 Å². The number of thiophene rings is 2. The lowest BCUT2D eigenvalue weighted by atomic mass is 10.2. The van der Waals surface area contributed by atoms with Crippen molar-refractivity contribution >= 4 is 95.7 Å². The Kier molecular flexibility index (Phi) is 15.7. The molecule has 372 valence electrons. The fourth-order valence-corrected chi connectivity index (χ4v) is 9.70. The first-order chi connectivity index (χ1) is 34.4. The van der Waals surface area contributed by atoms with Crippen molar-refractivity contribution in [3.63, 3.8) is 0 Å². The Labute approximate surface area is 420 Å². The molecule has 2 aromatic carbocycles. The minimum Gasteiger partial charge on any atom is -0.493 e. The molecule has 71 heavy (non-hydrogen) atoms. The summed E-state index contributed by atoms with van der Waals surface area (Å²) in [6, 6.07) is 10.8. The van der Waals surface area contributed by atoms with Crippen molar-refractivity contribution in [2.24, 2.45) is 11.5 Å². The summed E-state index contributed by atoms with van der Waals surface area (Å²) in [6.45, 7) is 1.62. The number of carbonyl (C=O) groups excluding carboxylic acids is 2. The second kappa shape index (κ2) is 22.4. The minimum absolute atomic E-state index is 0.0463. The normalized spacial score (nSPS) is 15.1. The minimum atomic E-state index is -0.403. The Bertz CT molecular complexity index is 3110. The average Bonchev–Trinajstić information content (AvgIpc) is 4.24. The number of amides is 2. The second-order valence-electron chi connectivity index (χ2n) is 15.6. The number of hydrogen-bond donors (Lipinski definition) is 5. The molecule has 22 nitrogen and oxygen atoms in total. The molecule has 25 heteroatoms. The van der Waals surface area contributed by atoms with Gasteiger partial charge in [-0.1, -0.05) is 0 Å². The molecule has 2 aliphatic heterocycles. The number of nitrogens with one attached hydrogen (secondary N) is 3. The summed E-state index contributed by atoms with van der Waals surface area (Å²) in [5.41, 5.74) is 12.2.